The molecule has 1 nitrogen and oxygen atoms in total. The van der Waals surface area contributed by atoms with Crippen LogP contribution >= 0.6 is 0 Å². The first-order chi connectivity index (χ1) is 4.84. The molecule has 0 aliphatic rings. The molecule has 1 aromatic carbocycles. The summed E-state index contributed by atoms with van der Waals surface area (Å²) in [4.78, 5) is 0. The van der Waals surface area contributed by atoms with Gasteiger partial charge in [0.05, 0.1) is 6.04 Å². The molecule has 0 amide bonds. The Bertz CT molecular complexity index is 181. The van der Waals surface area contributed by atoms with Crippen molar-refractivity contribution in [3.05, 3.63) is 35.9 Å². The van der Waals surface area contributed by atoms with Crippen molar-refractivity contribution < 1.29 is 0 Å². The van der Waals surface area contributed by atoms with E-state index in [2.05, 4.69) is 0 Å². The highest BCUT2D eigenvalue weighted by molar-refractivity contribution is 5.17. The zero-order chi connectivity index (χ0) is 7.40. The highest BCUT2D eigenvalue weighted by Crippen LogP contribution is 2.13. The van der Waals surface area contributed by atoms with E-state index in [0.717, 1.165) is 12.0 Å². The Labute approximate surface area is 61.9 Å². The second-order valence-electron chi connectivity index (χ2n) is 2.33. The van der Waals surface area contributed by atoms with E-state index in [1.807, 2.05) is 37.3 Å². The Morgan fingerprint density at radius 1 is 1.30 bits per heavy atom. The van der Waals surface area contributed by atoms with Crippen LogP contribution in [0.4, 0.5) is 0 Å². The molecular weight excluding hydrogens is 122 g/mol. The van der Waals surface area contributed by atoms with Crippen molar-refractivity contribution in [1.29, 1.82) is 0 Å². The average molecular weight is 133 g/mol. The average Bonchev–Trinajstić information content (AvgIpc) is 2.05. The predicted octanol–water partition coefficient (Wildman–Crippen LogP) is 2.21. The first-order valence-electron chi connectivity index (χ1n) is 3.57. The number of benzene rings is 1. The van der Waals surface area contributed by atoms with E-state index >= 15 is 0 Å². The number of hydrogen-bond acceptors (Lipinski definition) is 0. The maximum atomic E-state index is 9.33. The molecule has 1 aromatic rings. The minimum atomic E-state index is -0.291. The van der Waals surface area contributed by atoms with Crippen LogP contribution in [0.25, 0.3) is 0 Å². The minimum Gasteiger partial charge on any atom is -0.136 e. The van der Waals surface area contributed by atoms with E-state index in [9.17, 15) is 5.73 Å². The standard InChI is InChI=1S/C9H11N/c1-2-9(10)8-6-4-3-5-7-8/h3-7,9H,2H2,1H3. The molecular formula is C9H11N. The van der Waals surface area contributed by atoms with Gasteiger partial charge in [-0.2, -0.15) is 0 Å². The van der Waals surface area contributed by atoms with Crippen molar-refractivity contribution in [3.8, 4) is 0 Å². The van der Waals surface area contributed by atoms with Gasteiger partial charge in [-0.15, -0.1) is 5.73 Å². The molecule has 1 atom stereocenters. The summed E-state index contributed by atoms with van der Waals surface area (Å²) < 4.78 is 0. The molecule has 0 aromatic heterocycles. The molecule has 1 unspecified atom stereocenters. The summed E-state index contributed by atoms with van der Waals surface area (Å²) >= 11 is 0. The largest absolute Gasteiger partial charge is 0.136 e. The summed E-state index contributed by atoms with van der Waals surface area (Å²) in [6.45, 7) is 1.97. The monoisotopic (exact) mass is 133 g/mol. The van der Waals surface area contributed by atoms with Gasteiger partial charge in [-0.25, -0.2) is 0 Å². The van der Waals surface area contributed by atoms with Crippen LogP contribution in [0.1, 0.15) is 24.9 Å². The summed E-state index contributed by atoms with van der Waals surface area (Å²) in [6, 6.07) is 9.41. The molecule has 0 N–H and O–H groups in total. The van der Waals surface area contributed by atoms with Crippen LogP contribution in [0.3, 0.4) is 0 Å². The van der Waals surface area contributed by atoms with Crippen LogP contribution in [0.2, 0.25) is 0 Å². The fraction of sp³-hybridized carbons (Fsp3) is 0.333. The smallest absolute Gasteiger partial charge is 0.0680 e. The highest BCUT2D eigenvalue weighted by Gasteiger charge is 2.01. The Hall–Kier alpha value is -0.820. The van der Waals surface area contributed by atoms with Crippen molar-refractivity contribution in [2.45, 2.75) is 19.4 Å². The van der Waals surface area contributed by atoms with Gasteiger partial charge in [-0.3, -0.25) is 0 Å². The summed E-state index contributed by atoms with van der Waals surface area (Å²) in [6.07, 6.45) is 0.782. The van der Waals surface area contributed by atoms with Crippen LogP contribution in [0.5, 0.6) is 0 Å². The molecule has 2 radical (unpaired) electrons. The van der Waals surface area contributed by atoms with Crippen molar-refractivity contribution >= 4 is 0 Å². The molecule has 0 saturated heterocycles. The fourth-order valence-corrected chi connectivity index (χ4v) is 0.911. The summed E-state index contributed by atoms with van der Waals surface area (Å²) in [5.74, 6) is 0. The van der Waals surface area contributed by atoms with E-state index in [1.165, 1.54) is 0 Å². The van der Waals surface area contributed by atoms with Crippen LogP contribution < -0.4 is 5.73 Å². The van der Waals surface area contributed by atoms with Crippen LogP contribution in [-0.2, 0) is 0 Å². The minimum absolute atomic E-state index is 0.291. The summed E-state index contributed by atoms with van der Waals surface area (Å²) in [5.41, 5.74) is 10.3. The van der Waals surface area contributed by atoms with Gasteiger partial charge in [0.25, 0.3) is 0 Å². The van der Waals surface area contributed by atoms with E-state index in [1.54, 1.807) is 0 Å². The fourth-order valence-electron chi connectivity index (χ4n) is 0.911. The Kier molecular flexibility index (Phi) is 2.46. The molecule has 0 spiro atoms. The summed E-state index contributed by atoms with van der Waals surface area (Å²) in [7, 11) is 0. The molecule has 0 aliphatic heterocycles. The van der Waals surface area contributed by atoms with Crippen molar-refractivity contribution in [1.82, 2.24) is 5.73 Å². The van der Waals surface area contributed by atoms with Gasteiger partial charge in [-0.1, -0.05) is 37.3 Å². The van der Waals surface area contributed by atoms with Gasteiger partial charge in [0.1, 0.15) is 0 Å². The molecule has 0 saturated carbocycles. The molecule has 0 bridgehead atoms. The lowest BCUT2D eigenvalue weighted by Crippen LogP contribution is -1.95. The number of nitrogens with zero attached hydrogens (tertiary/aromatic N) is 1. The highest BCUT2D eigenvalue weighted by atomic mass is 14.6. The molecule has 10 heavy (non-hydrogen) atoms. The van der Waals surface area contributed by atoms with Crippen molar-refractivity contribution in [2.24, 2.45) is 0 Å². The van der Waals surface area contributed by atoms with Crippen LogP contribution in [-0.4, -0.2) is 0 Å². The quantitative estimate of drug-likeness (QED) is 0.590. The Balaban J connectivity index is 2.75. The lowest BCUT2D eigenvalue weighted by molar-refractivity contribution is 0.676. The van der Waals surface area contributed by atoms with E-state index < -0.39 is 0 Å². The first-order valence-corrected chi connectivity index (χ1v) is 3.57. The number of rotatable bonds is 2. The second kappa shape index (κ2) is 3.37. The normalized spacial score (nSPS) is 13.0. The molecule has 52 valence electrons. The van der Waals surface area contributed by atoms with E-state index in [-0.39, 0.29) is 6.04 Å². The van der Waals surface area contributed by atoms with Gasteiger partial charge in [0, 0.05) is 0 Å². The van der Waals surface area contributed by atoms with Gasteiger partial charge in [0.2, 0.25) is 0 Å². The maximum Gasteiger partial charge on any atom is 0.0680 e. The lowest BCUT2D eigenvalue weighted by Gasteiger charge is -2.04. The van der Waals surface area contributed by atoms with Gasteiger partial charge < -0.3 is 0 Å². The molecule has 0 heterocycles. The third-order valence-electron chi connectivity index (χ3n) is 1.57. The van der Waals surface area contributed by atoms with Gasteiger partial charge >= 0.3 is 0 Å². The zero-order valence-corrected chi connectivity index (χ0v) is 6.12. The van der Waals surface area contributed by atoms with Gasteiger partial charge in [-0.05, 0) is 12.0 Å². The van der Waals surface area contributed by atoms with E-state index in [4.69, 9.17) is 0 Å². The van der Waals surface area contributed by atoms with Crippen LogP contribution in [0, 0.1) is 0 Å². The number of hydrogen-bond donors (Lipinski definition) is 0. The molecule has 1 rings (SSSR count). The Morgan fingerprint density at radius 2 is 1.90 bits per heavy atom. The second-order valence-corrected chi connectivity index (χ2v) is 2.33. The lowest BCUT2D eigenvalue weighted by atomic mass is 10.1. The SMILES string of the molecule is CCC([N])c1ccccc1. The molecule has 1 heteroatoms. The predicted molar refractivity (Wildman–Crippen MR) is 41.6 cm³/mol. The van der Waals surface area contributed by atoms with E-state index in [0.29, 0.717) is 0 Å². The Morgan fingerprint density at radius 3 is 2.40 bits per heavy atom. The topological polar surface area (TPSA) is 22.3 Å². The van der Waals surface area contributed by atoms with Crippen LogP contribution in [0.15, 0.2) is 30.3 Å². The zero-order valence-electron chi connectivity index (χ0n) is 6.12. The first kappa shape index (κ1) is 7.29. The molecule has 0 aliphatic carbocycles. The van der Waals surface area contributed by atoms with Crippen molar-refractivity contribution in [3.63, 3.8) is 0 Å². The van der Waals surface area contributed by atoms with Crippen molar-refractivity contribution in [2.75, 3.05) is 0 Å². The third-order valence-corrected chi connectivity index (χ3v) is 1.57. The van der Waals surface area contributed by atoms with Gasteiger partial charge in [0.15, 0.2) is 0 Å². The summed E-state index contributed by atoms with van der Waals surface area (Å²) in [5, 5.41) is 0. The maximum absolute atomic E-state index is 9.33. The third kappa shape index (κ3) is 1.58. The molecule has 0 fully saturated rings.